The lowest BCUT2D eigenvalue weighted by Crippen LogP contribution is -2.13. The largest absolute Gasteiger partial charge is 0.0618 e. The van der Waals surface area contributed by atoms with Crippen LogP contribution in [0.4, 0.5) is 0 Å². The van der Waals surface area contributed by atoms with Crippen molar-refractivity contribution in [1.29, 1.82) is 0 Å². The topological polar surface area (TPSA) is 0 Å². The first kappa shape index (κ1) is 18.5. The predicted molar refractivity (Wildman–Crippen MR) is 118 cm³/mol. The molecule has 2 aliphatic rings. The van der Waals surface area contributed by atoms with Crippen molar-refractivity contribution >= 4 is 6.08 Å². The van der Waals surface area contributed by atoms with Crippen LogP contribution < -0.4 is 0 Å². The lowest BCUT2D eigenvalue weighted by molar-refractivity contribution is 0.329. The lowest BCUT2D eigenvalue weighted by Gasteiger charge is -2.26. The van der Waals surface area contributed by atoms with E-state index in [0.29, 0.717) is 11.3 Å². The van der Waals surface area contributed by atoms with Gasteiger partial charge in [0.05, 0.1) is 0 Å². The molecule has 0 amide bonds. The molecular formula is C27H34. The molecule has 1 saturated carbocycles. The van der Waals surface area contributed by atoms with Crippen molar-refractivity contribution in [2.24, 2.45) is 5.41 Å². The standard InChI is InChI=1S/C27H34/c1-19-21(18-27(5)15-6-7-16-27)17-25-23(19)9-8-10-24(25)20-11-13-22(14-12-20)26(2,3)4/h8-14,17,19H,6-7,15-16,18H2,1-5H3. The van der Waals surface area contributed by atoms with Crippen molar-refractivity contribution < 1.29 is 0 Å². The van der Waals surface area contributed by atoms with Crippen LogP contribution in [0.5, 0.6) is 0 Å². The van der Waals surface area contributed by atoms with Gasteiger partial charge in [0.2, 0.25) is 0 Å². The molecule has 1 fully saturated rings. The summed E-state index contributed by atoms with van der Waals surface area (Å²) in [5, 5.41) is 0. The van der Waals surface area contributed by atoms with Gasteiger partial charge in [0.15, 0.2) is 0 Å². The molecule has 0 bridgehead atoms. The number of rotatable bonds is 3. The fraction of sp³-hybridized carbons (Fsp3) is 0.481. The van der Waals surface area contributed by atoms with Crippen LogP contribution in [-0.2, 0) is 5.41 Å². The summed E-state index contributed by atoms with van der Waals surface area (Å²) in [5.74, 6) is 0.561. The van der Waals surface area contributed by atoms with E-state index in [9.17, 15) is 0 Å². The molecule has 0 aromatic heterocycles. The minimum atomic E-state index is 0.204. The lowest BCUT2D eigenvalue weighted by atomic mass is 9.79. The molecule has 142 valence electrons. The van der Waals surface area contributed by atoms with Crippen molar-refractivity contribution in [2.75, 3.05) is 0 Å². The summed E-state index contributed by atoms with van der Waals surface area (Å²) in [6.45, 7) is 11.7. The highest BCUT2D eigenvalue weighted by atomic mass is 14.4. The van der Waals surface area contributed by atoms with Gasteiger partial charge in [-0.3, -0.25) is 0 Å². The molecule has 0 radical (unpaired) electrons. The third-order valence-corrected chi connectivity index (χ3v) is 7.00. The Morgan fingerprint density at radius 1 is 0.963 bits per heavy atom. The Morgan fingerprint density at radius 2 is 1.63 bits per heavy atom. The third-order valence-electron chi connectivity index (χ3n) is 7.00. The molecule has 0 heterocycles. The van der Waals surface area contributed by atoms with Crippen molar-refractivity contribution in [3.63, 3.8) is 0 Å². The van der Waals surface area contributed by atoms with Gasteiger partial charge in [-0.25, -0.2) is 0 Å². The predicted octanol–water partition coefficient (Wildman–Crippen LogP) is 8.12. The van der Waals surface area contributed by atoms with Gasteiger partial charge in [0, 0.05) is 5.92 Å². The summed E-state index contributed by atoms with van der Waals surface area (Å²) in [5.41, 5.74) is 9.49. The highest BCUT2D eigenvalue weighted by molar-refractivity contribution is 5.82. The van der Waals surface area contributed by atoms with Gasteiger partial charge in [0.25, 0.3) is 0 Å². The van der Waals surface area contributed by atoms with Crippen molar-refractivity contribution in [1.82, 2.24) is 0 Å². The van der Waals surface area contributed by atoms with E-state index in [1.807, 2.05) is 0 Å². The van der Waals surface area contributed by atoms with Gasteiger partial charge in [-0.05, 0) is 57.9 Å². The highest BCUT2D eigenvalue weighted by Gasteiger charge is 2.33. The fourth-order valence-corrected chi connectivity index (χ4v) is 5.14. The second-order valence-electron chi connectivity index (χ2n) is 10.3. The Balaban J connectivity index is 1.68. The molecule has 0 nitrogen and oxygen atoms in total. The molecule has 0 aliphatic heterocycles. The van der Waals surface area contributed by atoms with E-state index in [4.69, 9.17) is 0 Å². The van der Waals surface area contributed by atoms with Gasteiger partial charge in [-0.2, -0.15) is 0 Å². The zero-order valence-electron chi connectivity index (χ0n) is 17.7. The van der Waals surface area contributed by atoms with Crippen molar-refractivity contribution in [3.05, 3.63) is 64.7 Å². The van der Waals surface area contributed by atoms with E-state index in [-0.39, 0.29) is 5.41 Å². The Hall–Kier alpha value is -1.82. The Kier molecular flexibility index (Phi) is 4.57. The third kappa shape index (κ3) is 3.51. The molecule has 4 rings (SSSR count). The number of hydrogen-bond acceptors (Lipinski definition) is 0. The summed E-state index contributed by atoms with van der Waals surface area (Å²) in [7, 11) is 0. The molecule has 27 heavy (non-hydrogen) atoms. The van der Waals surface area contributed by atoms with Gasteiger partial charge in [0.1, 0.15) is 0 Å². The zero-order chi connectivity index (χ0) is 19.2. The number of allylic oxidation sites excluding steroid dienone is 1. The van der Waals surface area contributed by atoms with E-state index in [1.165, 1.54) is 59.9 Å². The zero-order valence-corrected chi connectivity index (χ0v) is 17.7. The molecule has 0 spiro atoms. The Labute approximate surface area is 165 Å². The van der Waals surface area contributed by atoms with Gasteiger partial charge >= 0.3 is 0 Å². The quantitative estimate of drug-likeness (QED) is 0.519. The molecule has 2 aromatic rings. The summed E-state index contributed by atoms with van der Waals surface area (Å²) in [6, 6.07) is 16.1. The second kappa shape index (κ2) is 6.66. The van der Waals surface area contributed by atoms with Gasteiger partial charge in [-0.1, -0.05) is 102 Å². The molecular weight excluding hydrogens is 324 g/mol. The SMILES string of the molecule is CC1C(CC2(C)CCCC2)=Cc2c(-c3ccc(C(C)(C)C)cc3)cccc21. The number of hydrogen-bond donors (Lipinski definition) is 0. The Bertz CT molecular complexity index is 852. The fourth-order valence-electron chi connectivity index (χ4n) is 5.14. The molecule has 0 heteroatoms. The van der Waals surface area contributed by atoms with E-state index >= 15 is 0 Å². The number of fused-ring (bicyclic) bond motifs is 1. The maximum atomic E-state index is 2.52. The molecule has 1 unspecified atom stereocenters. The number of benzene rings is 2. The van der Waals surface area contributed by atoms with Crippen LogP contribution in [0.25, 0.3) is 17.2 Å². The first-order valence-corrected chi connectivity index (χ1v) is 10.7. The normalized spacial score (nSPS) is 21.2. The van der Waals surface area contributed by atoms with Crippen LogP contribution in [0.3, 0.4) is 0 Å². The first-order chi connectivity index (χ1) is 12.8. The average Bonchev–Trinajstić information content (AvgIpc) is 3.19. The summed E-state index contributed by atoms with van der Waals surface area (Å²) >= 11 is 0. The van der Waals surface area contributed by atoms with E-state index in [0.717, 1.165) is 0 Å². The maximum Gasteiger partial charge on any atom is 0.00295 e. The van der Waals surface area contributed by atoms with Crippen molar-refractivity contribution in [3.8, 4) is 11.1 Å². The van der Waals surface area contributed by atoms with Crippen LogP contribution in [0.2, 0.25) is 0 Å². The van der Waals surface area contributed by atoms with Crippen LogP contribution in [0, 0.1) is 5.41 Å². The van der Waals surface area contributed by atoms with Crippen LogP contribution in [-0.4, -0.2) is 0 Å². The van der Waals surface area contributed by atoms with Crippen LogP contribution in [0.1, 0.15) is 89.3 Å². The van der Waals surface area contributed by atoms with Gasteiger partial charge in [-0.15, -0.1) is 0 Å². The van der Waals surface area contributed by atoms with E-state index in [2.05, 4.69) is 83.2 Å². The summed E-state index contributed by atoms with van der Waals surface area (Å²) in [6.07, 6.45) is 9.41. The van der Waals surface area contributed by atoms with Gasteiger partial charge < -0.3 is 0 Å². The smallest absolute Gasteiger partial charge is 0.00295 e. The average molecular weight is 359 g/mol. The second-order valence-corrected chi connectivity index (χ2v) is 10.3. The maximum absolute atomic E-state index is 2.52. The first-order valence-electron chi connectivity index (χ1n) is 10.7. The molecule has 2 aromatic carbocycles. The monoisotopic (exact) mass is 358 g/mol. The van der Waals surface area contributed by atoms with Crippen molar-refractivity contribution in [2.45, 2.75) is 78.1 Å². The molecule has 0 saturated heterocycles. The minimum absolute atomic E-state index is 0.204. The van der Waals surface area contributed by atoms with Crippen LogP contribution in [0.15, 0.2) is 48.0 Å². The summed E-state index contributed by atoms with van der Waals surface area (Å²) in [4.78, 5) is 0. The molecule has 1 atom stereocenters. The Morgan fingerprint density at radius 3 is 2.26 bits per heavy atom. The summed E-state index contributed by atoms with van der Waals surface area (Å²) < 4.78 is 0. The highest BCUT2D eigenvalue weighted by Crippen LogP contribution is 2.49. The van der Waals surface area contributed by atoms with E-state index in [1.54, 1.807) is 5.57 Å². The van der Waals surface area contributed by atoms with E-state index < -0.39 is 0 Å². The molecule has 2 aliphatic carbocycles. The van der Waals surface area contributed by atoms with Crippen LogP contribution >= 0.6 is 0 Å². The molecule has 0 N–H and O–H groups in total. The minimum Gasteiger partial charge on any atom is -0.0618 e.